The van der Waals surface area contributed by atoms with E-state index in [-0.39, 0.29) is 24.8 Å². The van der Waals surface area contributed by atoms with Crippen molar-refractivity contribution in [3.63, 3.8) is 0 Å². The molecule has 2 amide bonds. The number of carboxylic acid groups (broad SMARTS) is 1. The van der Waals surface area contributed by atoms with Crippen LogP contribution in [-0.4, -0.2) is 51.3 Å². The number of carbonyl (C=O) groups is 2. The van der Waals surface area contributed by atoms with E-state index >= 15 is 0 Å². The summed E-state index contributed by atoms with van der Waals surface area (Å²) >= 11 is 1.56. The molecule has 1 aliphatic heterocycles. The quantitative estimate of drug-likeness (QED) is 0.799. The Morgan fingerprint density at radius 2 is 2.26 bits per heavy atom. The van der Waals surface area contributed by atoms with Gasteiger partial charge in [0, 0.05) is 42.7 Å². The van der Waals surface area contributed by atoms with Crippen LogP contribution >= 0.6 is 11.8 Å². The first-order valence-corrected chi connectivity index (χ1v) is 6.96. The number of likely N-dealkylation sites (tertiary alicyclic amines) is 1. The predicted molar refractivity (Wildman–Crippen MR) is 70.1 cm³/mol. The molecule has 0 spiro atoms. The van der Waals surface area contributed by atoms with E-state index in [1.807, 2.05) is 6.26 Å². The molecule has 19 heavy (non-hydrogen) atoms. The Morgan fingerprint density at radius 1 is 1.58 bits per heavy atom. The lowest BCUT2D eigenvalue weighted by molar-refractivity contribution is -0.125. The van der Waals surface area contributed by atoms with Crippen molar-refractivity contribution >= 4 is 29.7 Å². The van der Waals surface area contributed by atoms with Crippen LogP contribution in [0.5, 0.6) is 0 Å². The highest BCUT2D eigenvalue weighted by atomic mass is 32.2. The first-order chi connectivity index (χ1) is 9.10. The monoisotopic (exact) mass is 282 g/mol. The molecule has 0 aromatic carbocycles. The largest absolute Gasteiger partial charge is 0.465 e. The van der Waals surface area contributed by atoms with Gasteiger partial charge in [-0.05, 0) is 6.26 Å². The minimum atomic E-state index is -1.19. The Bertz CT molecular complexity index is 479. The fourth-order valence-electron chi connectivity index (χ4n) is 1.85. The van der Waals surface area contributed by atoms with Crippen LogP contribution in [0.2, 0.25) is 0 Å². The molecule has 1 aromatic heterocycles. The number of imide groups is 1. The molecular formula is C11H14N4O3S. The van der Waals surface area contributed by atoms with E-state index in [1.165, 1.54) is 0 Å². The lowest BCUT2D eigenvalue weighted by Crippen LogP contribution is -2.31. The summed E-state index contributed by atoms with van der Waals surface area (Å²) in [5, 5.41) is 11.8. The Balaban J connectivity index is 1.86. The molecule has 0 radical (unpaired) electrons. The summed E-state index contributed by atoms with van der Waals surface area (Å²) in [7, 11) is 0. The van der Waals surface area contributed by atoms with Crippen LogP contribution < -0.4 is 5.32 Å². The van der Waals surface area contributed by atoms with Gasteiger partial charge in [-0.25, -0.2) is 19.7 Å². The van der Waals surface area contributed by atoms with Crippen LogP contribution in [0.3, 0.4) is 0 Å². The lowest BCUT2D eigenvalue weighted by Gasteiger charge is -2.11. The molecule has 0 saturated carbocycles. The molecule has 2 N–H and O–H groups in total. The molecule has 7 nitrogen and oxygen atoms in total. The van der Waals surface area contributed by atoms with Gasteiger partial charge >= 0.3 is 6.09 Å². The van der Waals surface area contributed by atoms with Crippen molar-refractivity contribution in [3.05, 3.63) is 12.4 Å². The van der Waals surface area contributed by atoms with Crippen LogP contribution in [0.15, 0.2) is 17.3 Å². The van der Waals surface area contributed by atoms with Crippen molar-refractivity contribution in [3.8, 4) is 0 Å². The fraction of sp³-hybridized carbons (Fsp3) is 0.455. The summed E-state index contributed by atoms with van der Waals surface area (Å²) in [6, 6.07) is 0. The van der Waals surface area contributed by atoms with Crippen molar-refractivity contribution in [2.45, 2.75) is 11.3 Å². The molecular weight excluding hydrogens is 268 g/mol. The third-order valence-corrected chi connectivity index (χ3v) is 3.53. The van der Waals surface area contributed by atoms with E-state index in [1.54, 1.807) is 24.2 Å². The maximum absolute atomic E-state index is 11.4. The average molecular weight is 282 g/mol. The van der Waals surface area contributed by atoms with E-state index in [9.17, 15) is 9.59 Å². The Labute approximate surface area is 114 Å². The average Bonchev–Trinajstić information content (AvgIpc) is 2.78. The number of nitrogens with one attached hydrogen (secondary N) is 1. The topological polar surface area (TPSA) is 95.4 Å². The van der Waals surface area contributed by atoms with E-state index < -0.39 is 6.09 Å². The number of aromatic nitrogens is 2. The van der Waals surface area contributed by atoms with Crippen molar-refractivity contribution in [1.82, 2.24) is 14.9 Å². The van der Waals surface area contributed by atoms with Crippen LogP contribution in [0.1, 0.15) is 6.42 Å². The van der Waals surface area contributed by atoms with Gasteiger partial charge in [0.05, 0.1) is 0 Å². The smallest absolute Gasteiger partial charge is 0.414 e. The maximum atomic E-state index is 11.4. The zero-order valence-corrected chi connectivity index (χ0v) is 11.2. The summed E-state index contributed by atoms with van der Waals surface area (Å²) in [4.78, 5) is 32.2. The number of nitrogens with zero attached hydrogens (tertiary/aromatic N) is 3. The Morgan fingerprint density at radius 3 is 2.79 bits per heavy atom. The number of amides is 2. The van der Waals surface area contributed by atoms with Gasteiger partial charge in [0.15, 0.2) is 0 Å². The van der Waals surface area contributed by atoms with Gasteiger partial charge in [-0.1, -0.05) is 0 Å². The van der Waals surface area contributed by atoms with Crippen molar-refractivity contribution < 1.29 is 14.7 Å². The van der Waals surface area contributed by atoms with Crippen molar-refractivity contribution in [1.29, 1.82) is 0 Å². The zero-order valence-electron chi connectivity index (χ0n) is 10.4. The Hall–Kier alpha value is -1.83. The van der Waals surface area contributed by atoms with Gasteiger partial charge in [-0.2, -0.15) is 0 Å². The van der Waals surface area contributed by atoms with Gasteiger partial charge in [0.25, 0.3) is 0 Å². The second-order valence-electron chi connectivity index (χ2n) is 4.18. The van der Waals surface area contributed by atoms with Crippen LogP contribution in [0, 0.1) is 5.92 Å². The lowest BCUT2D eigenvalue weighted by atomic mass is 10.1. The zero-order chi connectivity index (χ0) is 13.8. The molecule has 0 bridgehead atoms. The van der Waals surface area contributed by atoms with Gasteiger partial charge in [-0.3, -0.25) is 4.79 Å². The fourth-order valence-corrected chi connectivity index (χ4v) is 2.17. The van der Waals surface area contributed by atoms with Crippen LogP contribution in [-0.2, 0) is 4.79 Å². The number of anilines is 1. The van der Waals surface area contributed by atoms with E-state index in [0.717, 1.165) is 9.80 Å². The van der Waals surface area contributed by atoms with Crippen LogP contribution in [0.4, 0.5) is 10.7 Å². The van der Waals surface area contributed by atoms with E-state index in [2.05, 4.69) is 15.3 Å². The maximum Gasteiger partial charge on any atom is 0.414 e. The standard InChI is InChI=1S/C11H14N4O3S/c1-19-8-4-13-10(14-5-8)12-3-7-2-9(16)15(6-7)11(17)18/h4-5,7H,2-3,6H2,1H3,(H,17,18)(H,12,13,14)/t7-/m0/s1. The first-order valence-electron chi connectivity index (χ1n) is 5.73. The molecule has 1 saturated heterocycles. The normalized spacial score (nSPS) is 18.7. The number of carbonyl (C=O) groups excluding carboxylic acids is 1. The van der Waals surface area contributed by atoms with Gasteiger partial charge < -0.3 is 10.4 Å². The first kappa shape index (κ1) is 13.6. The number of hydrogen-bond donors (Lipinski definition) is 2. The van der Waals surface area contributed by atoms with E-state index in [4.69, 9.17) is 5.11 Å². The summed E-state index contributed by atoms with van der Waals surface area (Å²) in [6.45, 7) is 0.707. The SMILES string of the molecule is CSc1cnc(NC[C@@H]2CC(=O)N(C(=O)O)C2)nc1. The highest BCUT2D eigenvalue weighted by Gasteiger charge is 2.33. The van der Waals surface area contributed by atoms with Gasteiger partial charge in [-0.15, -0.1) is 11.8 Å². The molecule has 0 unspecified atom stereocenters. The minimum absolute atomic E-state index is 0.0348. The molecule has 1 atom stereocenters. The third-order valence-electron chi connectivity index (χ3n) is 2.85. The minimum Gasteiger partial charge on any atom is -0.465 e. The molecule has 1 fully saturated rings. The summed E-state index contributed by atoms with van der Waals surface area (Å²) in [5.41, 5.74) is 0. The highest BCUT2D eigenvalue weighted by molar-refractivity contribution is 7.98. The number of rotatable bonds is 4. The summed E-state index contributed by atoms with van der Waals surface area (Å²) in [5.74, 6) is 0.101. The molecule has 2 heterocycles. The van der Waals surface area contributed by atoms with Crippen LogP contribution in [0.25, 0.3) is 0 Å². The third kappa shape index (κ3) is 3.34. The summed E-state index contributed by atoms with van der Waals surface area (Å²) in [6.07, 6.45) is 4.42. The second kappa shape index (κ2) is 5.87. The molecule has 1 aliphatic rings. The summed E-state index contributed by atoms with van der Waals surface area (Å²) < 4.78 is 0. The van der Waals surface area contributed by atoms with Gasteiger partial charge in [0.1, 0.15) is 0 Å². The highest BCUT2D eigenvalue weighted by Crippen LogP contribution is 2.18. The molecule has 1 aromatic rings. The molecule has 0 aliphatic carbocycles. The van der Waals surface area contributed by atoms with Crippen molar-refractivity contribution in [2.75, 3.05) is 24.7 Å². The Kier molecular flexibility index (Phi) is 4.20. The predicted octanol–water partition coefficient (Wildman–Crippen LogP) is 1.14. The molecule has 2 rings (SSSR count). The van der Waals surface area contributed by atoms with Crippen molar-refractivity contribution in [2.24, 2.45) is 5.92 Å². The second-order valence-corrected chi connectivity index (χ2v) is 5.06. The number of thioether (sulfide) groups is 1. The molecule has 102 valence electrons. The molecule has 8 heteroatoms. The number of hydrogen-bond acceptors (Lipinski definition) is 6. The van der Waals surface area contributed by atoms with Gasteiger partial charge in [0.2, 0.25) is 11.9 Å². The van der Waals surface area contributed by atoms with E-state index in [0.29, 0.717) is 12.5 Å².